The van der Waals surface area contributed by atoms with Crippen LogP contribution < -0.4 is 5.48 Å². The van der Waals surface area contributed by atoms with Gasteiger partial charge >= 0.3 is 11.9 Å². The van der Waals surface area contributed by atoms with Crippen molar-refractivity contribution in [1.82, 2.24) is 5.48 Å². The molecule has 7 heteroatoms. The summed E-state index contributed by atoms with van der Waals surface area (Å²) >= 11 is 1.63. The van der Waals surface area contributed by atoms with Crippen LogP contribution in [-0.4, -0.2) is 23.0 Å². The molecule has 0 fully saturated rings. The quantitative estimate of drug-likeness (QED) is 0.582. The number of fused-ring (bicyclic) bond motifs is 1. The lowest BCUT2D eigenvalue weighted by molar-refractivity contribution is -0.165. The Labute approximate surface area is 149 Å². The smallest absolute Gasteiger partial charge is 0.343 e. The highest BCUT2D eigenvalue weighted by Crippen LogP contribution is 2.36. The van der Waals surface area contributed by atoms with E-state index in [0.717, 1.165) is 15.6 Å². The van der Waals surface area contributed by atoms with Gasteiger partial charge in [-0.05, 0) is 41.7 Å². The lowest BCUT2D eigenvalue weighted by Gasteiger charge is -2.29. The average molecular weight is 363 g/mol. The normalized spacial score (nSPS) is 11.3. The van der Waals surface area contributed by atoms with Crippen molar-refractivity contribution < 1.29 is 24.3 Å². The molecule has 0 bridgehead atoms. The van der Waals surface area contributed by atoms with Crippen molar-refractivity contribution in [2.75, 3.05) is 0 Å². The van der Waals surface area contributed by atoms with E-state index < -0.39 is 29.7 Å². The number of carboxylic acid groups (broad SMARTS) is 1. The molecular formula is C18H21NO5S. The van der Waals surface area contributed by atoms with E-state index in [-0.39, 0.29) is 0 Å². The van der Waals surface area contributed by atoms with Crippen LogP contribution in [0.3, 0.4) is 0 Å². The van der Waals surface area contributed by atoms with Gasteiger partial charge in [0.15, 0.2) is 0 Å². The predicted molar refractivity (Wildman–Crippen MR) is 95.0 cm³/mol. The van der Waals surface area contributed by atoms with E-state index in [1.807, 2.05) is 38.1 Å². The summed E-state index contributed by atoms with van der Waals surface area (Å²) in [4.78, 5) is 39.1. The molecule has 0 saturated heterocycles. The number of amides is 1. The predicted octanol–water partition coefficient (Wildman–Crippen LogP) is 3.30. The van der Waals surface area contributed by atoms with E-state index in [0.29, 0.717) is 19.3 Å². The van der Waals surface area contributed by atoms with Gasteiger partial charge in [-0.1, -0.05) is 32.0 Å². The molecule has 1 amide bonds. The number of thiophene rings is 1. The monoisotopic (exact) mass is 363 g/mol. The molecule has 134 valence electrons. The number of carbonyl (C=O) groups is 3. The van der Waals surface area contributed by atoms with Crippen molar-refractivity contribution in [3.05, 3.63) is 35.2 Å². The molecule has 2 aromatic rings. The summed E-state index contributed by atoms with van der Waals surface area (Å²) in [5.74, 6) is -2.71. The number of hydroxylamine groups is 1. The SMILES string of the molecule is CCC(CC)(Cc1csc2ccccc12)C(=O)NOC(=O)CC(=O)O. The summed E-state index contributed by atoms with van der Waals surface area (Å²) in [6.45, 7) is 3.83. The summed E-state index contributed by atoms with van der Waals surface area (Å²) < 4.78 is 1.16. The number of carboxylic acids is 1. The maximum atomic E-state index is 12.6. The molecule has 1 heterocycles. The standard InChI is InChI=1S/C18H21NO5S/c1-3-18(4-2,17(23)19-24-16(22)9-15(20)21)10-12-11-25-14-8-6-5-7-13(12)14/h5-8,11H,3-4,9-10H2,1-2H3,(H,19,23)(H,20,21). The van der Waals surface area contributed by atoms with Crippen LogP contribution >= 0.6 is 11.3 Å². The summed E-state index contributed by atoms with van der Waals surface area (Å²) in [5.41, 5.74) is 2.49. The Hall–Kier alpha value is -2.41. The molecule has 0 radical (unpaired) electrons. The van der Waals surface area contributed by atoms with Crippen LogP contribution in [0, 0.1) is 5.41 Å². The van der Waals surface area contributed by atoms with Gasteiger partial charge in [0.05, 0.1) is 5.41 Å². The zero-order valence-electron chi connectivity index (χ0n) is 14.2. The number of hydrogen-bond donors (Lipinski definition) is 2. The number of aliphatic carboxylic acids is 1. The van der Waals surface area contributed by atoms with Gasteiger partial charge in [0.2, 0.25) is 0 Å². The Balaban J connectivity index is 2.15. The third-order valence-electron chi connectivity index (χ3n) is 4.48. The number of rotatable bonds is 7. The van der Waals surface area contributed by atoms with E-state index in [4.69, 9.17) is 5.11 Å². The molecule has 0 aliphatic rings. The first-order valence-electron chi connectivity index (χ1n) is 8.09. The Morgan fingerprint density at radius 1 is 1.20 bits per heavy atom. The van der Waals surface area contributed by atoms with E-state index >= 15 is 0 Å². The number of benzene rings is 1. The van der Waals surface area contributed by atoms with Crippen LogP contribution in [0.15, 0.2) is 29.6 Å². The maximum Gasteiger partial charge on any atom is 0.343 e. The Bertz CT molecular complexity index is 779. The zero-order valence-corrected chi connectivity index (χ0v) is 15.0. The second-order valence-corrected chi connectivity index (χ2v) is 6.81. The van der Waals surface area contributed by atoms with E-state index in [9.17, 15) is 14.4 Å². The van der Waals surface area contributed by atoms with Crippen LogP contribution in [0.5, 0.6) is 0 Å². The van der Waals surface area contributed by atoms with Gasteiger partial charge < -0.3 is 9.94 Å². The van der Waals surface area contributed by atoms with E-state index in [1.165, 1.54) is 0 Å². The van der Waals surface area contributed by atoms with Crippen molar-refractivity contribution in [3.8, 4) is 0 Å². The van der Waals surface area contributed by atoms with Crippen LogP contribution in [-0.2, 0) is 25.6 Å². The lowest BCUT2D eigenvalue weighted by atomic mass is 9.76. The maximum absolute atomic E-state index is 12.6. The van der Waals surface area contributed by atoms with Gasteiger partial charge in [-0.2, -0.15) is 5.48 Å². The lowest BCUT2D eigenvalue weighted by Crippen LogP contribution is -2.43. The second kappa shape index (κ2) is 8.11. The first-order chi connectivity index (χ1) is 11.9. The topological polar surface area (TPSA) is 92.7 Å². The Kier molecular flexibility index (Phi) is 6.14. The summed E-state index contributed by atoms with van der Waals surface area (Å²) in [5, 5.41) is 11.7. The average Bonchev–Trinajstić information content (AvgIpc) is 3.00. The van der Waals surface area contributed by atoms with Gasteiger partial charge in [-0.3, -0.25) is 9.59 Å². The first-order valence-corrected chi connectivity index (χ1v) is 8.97. The fourth-order valence-corrected chi connectivity index (χ4v) is 3.77. The molecule has 1 aromatic carbocycles. The number of hydrogen-bond acceptors (Lipinski definition) is 5. The minimum atomic E-state index is -1.30. The molecule has 0 aliphatic heterocycles. The van der Waals surface area contributed by atoms with Gasteiger partial charge in [-0.25, -0.2) is 4.79 Å². The highest BCUT2D eigenvalue weighted by Gasteiger charge is 2.36. The molecule has 6 nitrogen and oxygen atoms in total. The van der Waals surface area contributed by atoms with Crippen molar-refractivity contribution in [1.29, 1.82) is 0 Å². The molecule has 0 spiro atoms. The van der Waals surface area contributed by atoms with Crippen LogP contribution in [0.25, 0.3) is 10.1 Å². The fraction of sp³-hybridized carbons (Fsp3) is 0.389. The van der Waals surface area contributed by atoms with Crippen molar-refractivity contribution in [2.45, 2.75) is 39.5 Å². The molecule has 1 aromatic heterocycles. The zero-order chi connectivity index (χ0) is 18.4. The Morgan fingerprint density at radius 2 is 1.88 bits per heavy atom. The number of nitrogens with one attached hydrogen (secondary N) is 1. The number of carbonyl (C=O) groups excluding carboxylic acids is 2. The molecule has 0 saturated carbocycles. The molecule has 0 aliphatic carbocycles. The summed E-state index contributed by atoms with van der Waals surface area (Å²) in [7, 11) is 0. The van der Waals surface area contributed by atoms with Crippen LogP contribution in [0.2, 0.25) is 0 Å². The summed E-state index contributed by atoms with van der Waals surface area (Å²) in [6.07, 6.45) is 0.860. The van der Waals surface area contributed by atoms with Crippen LogP contribution in [0.4, 0.5) is 0 Å². The third-order valence-corrected chi connectivity index (χ3v) is 5.49. The van der Waals surface area contributed by atoms with Gasteiger partial charge in [0.25, 0.3) is 5.91 Å². The second-order valence-electron chi connectivity index (χ2n) is 5.90. The van der Waals surface area contributed by atoms with Crippen molar-refractivity contribution in [3.63, 3.8) is 0 Å². The summed E-state index contributed by atoms with van der Waals surface area (Å²) in [6, 6.07) is 8.01. The molecule has 2 N–H and O–H groups in total. The minimum absolute atomic E-state index is 0.411. The molecule has 2 rings (SSSR count). The first kappa shape index (κ1) is 18.9. The highest BCUT2D eigenvalue weighted by atomic mass is 32.1. The third kappa shape index (κ3) is 4.36. The van der Waals surface area contributed by atoms with E-state index in [1.54, 1.807) is 11.3 Å². The molecule has 25 heavy (non-hydrogen) atoms. The Morgan fingerprint density at radius 3 is 2.52 bits per heavy atom. The van der Waals surface area contributed by atoms with Gasteiger partial charge in [0, 0.05) is 4.70 Å². The van der Waals surface area contributed by atoms with Crippen molar-refractivity contribution >= 4 is 39.3 Å². The molecule has 0 unspecified atom stereocenters. The van der Waals surface area contributed by atoms with Crippen molar-refractivity contribution in [2.24, 2.45) is 5.41 Å². The largest absolute Gasteiger partial charge is 0.481 e. The molecular weight excluding hydrogens is 342 g/mol. The van der Waals surface area contributed by atoms with Crippen LogP contribution in [0.1, 0.15) is 38.7 Å². The molecule has 0 atom stereocenters. The van der Waals surface area contributed by atoms with Gasteiger partial charge in [-0.15, -0.1) is 11.3 Å². The highest BCUT2D eigenvalue weighted by molar-refractivity contribution is 7.17. The van der Waals surface area contributed by atoms with Gasteiger partial charge in [0.1, 0.15) is 6.42 Å². The fourth-order valence-electron chi connectivity index (χ4n) is 2.81. The van der Waals surface area contributed by atoms with E-state index in [2.05, 4.69) is 15.7 Å². The minimum Gasteiger partial charge on any atom is -0.481 e.